The van der Waals surface area contributed by atoms with Crippen LogP contribution in [0.5, 0.6) is 5.75 Å². The summed E-state index contributed by atoms with van der Waals surface area (Å²) in [5, 5.41) is 29.2. The lowest BCUT2D eigenvalue weighted by atomic mass is 10.0. The minimum Gasteiger partial charge on any atom is -0.464 e. The van der Waals surface area contributed by atoms with Gasteiger partial charge in [0.05, 0.1) is 36.0 Å². The van der Waals surface area contributed by atoms with Gasteiger partial charge in [-0.3, -0.25) is 5.10 Å². The number of fused-ring (bicyclic) bond motifs is 2. The zero-order valence-corrected chi connectivity index (χ0v) is 17.4. The van der Waals surface area contributed by atoms with E-state index in [9.17, 15) is 10.2 Å². The van der Waals surface area contributed by atoms with Crippen molar-refractivity contribution in [2.75, 3.05) is 6.61 Å². The van der Waals surface area contributed by atoms with Gasteiger partial charge < -0.3 is 24.1 Å². The first-order valence-electron chi connectivity index (χ1n) is 10.6. The van der Waals surface area contributed by atoms with Crippen molar-refractivity contribution in [3.8, 4) is 5.75 Å². The second-order valence-corrected chi connectivity index (χ2v) is 8.27. The molecule has 0 saturated carbocycles. The van der Waals surface area contributed by atoms with E-state index in [1.807, 2.05) is 31.2 Å². The number of rotatable bonds is 6. The molecule has 1 aliphatic heterocycles. The maximum absolute atomic E-state index is 10.1. The normalized spacial score (nSPS) is 21.7. The number of hydrogen-bond donors (Lipinski definition) is 3. The fourth-order valence-electron chi connectivity index (χ4n) is 4.31. The summed E-state index contributed by atoms with van der Waals surface area (Å²) in [6.45, 7) is 1.85. The summed E-state index contributed by atoms with van der Waals surface area (Å²) in [4.78, 5) is 0. The summed E-state index contributed by atoms with van der Waals surface area (Å²) in [6.07, 6.45) is 2.50. The van der Waals surface area contributed by atoms with Crippen LogP contribution in [-0.2, 0) is 17.6 Å². The molecule has 3 atom stereocenters. The third kappa shape index (κ3) is 4.17. The predicted octanol–water partition coefficient (Wildman–Crippen LogP) is 3.64. The quantitative estimate of drug-likeness (QED) is 0.439. The molecule has 3 N–H and O–H groups in total. The number of nitrogens with zero attached hydrogens (tertiary/aromatic N) is 1. The molecule has 7 nitrogen and oxygen atoms in total. The highest BCUT2D eigenvalue weighted by atomic mass is 16.7. The molecule has 2 unspecified atom stereocenters. The third-order valence-electron chi connectivity index (χ3n) is 5.83. The van der Waals surface area contributed by atoms with Gasteiger partial charge in [-0.15, -0.1) is 0 Å². The first-order chi connectivity index (χ1) is 15.1. The summed E-state index contributed by atoms with van der Waals surface area (Å²) in [6, 6.07) is 12.2. The lowest BCUT2D eigenvalue weighted by molar-refractivity contribution is -0.184. The Balaban J connectivity index is 1.40. The highest BCUT2D eigenvalue weighted by molar-refractivity contribution is 5.88. The zero-order chi connectivity index (χ0) is 21.4. The molecule has 0 bridgehead atoms. The summed E-state index contributed by atoms with van der Waals surface area (Å²) >= 11 is 0. The van der Waals surface area contributed by atoms with Gasteiger partial charge in [0.2, 0.25) is 6.29 Å². The molecule has 4 aromatic rings. The average Bonchev–Trinajstić information content (AvgIpc) is 3.38. The molecule has 5 rings (SSSR count). The van der Waals surface area contributed by atoms with Gasteiger partial charge in [-0.2, -0.15) is 5.10 Å². The first kappa shape index (κ1) is 20.1. The van der Waals surface area contributed by atoms with Crippen LogP contribution in [0.3, 0.4) is 0 Å². The molecule has 2 aromatic heterocycles. The van der Waals surface area contributed by atoms with Gasteiger partial charge in [-0.1, -0.05) is 6.07 Å². The van der Waals surface area contributed by atoms with E-state index in [2.05, 4.69) is 22.3 Å². The number of furan rings is 1. The maximum Gasteiger partial charge on any atom is 0.202 e. The molecule has 1 fully saturated rings. The van der Waals surface area contributed by atoms with E-state index in [0.29, 0.717) is 18.6 Å². The smallest absolute Gasteiger partial charge is 0.202 e. The van der Waals surface area contributed by atoms with E-state index in [-0.39, 0.29) is 6.61 Å². The number of aliphatic hydroxyl groups excluding tert-OH is 2. The largest absolute Gasteiger partial charge is 0.464 e. The van der Waals surface area contributed by atoms with E-state index in [4.69, 9.17) is 13.9 Å². The number of aromatic nitrogens is 2. The minimum atomic E-state index is -0.614. The number of benzene rings is 2. The van der Waals surface area contributed by atoms with E-state index < -0.39 is 18.5 Å². The highest BCUT2D eigenvalue weighted by Gasteiger charge is 2.30. The van der Waals surface area contributed by atoms with Gasteiger partial charge in [0, 0.05) is 23.9 Å². The molecule has 1 aliphatic rings. The number of aliphatic hydroxyl groups is 2. The lowest BCUT2D eigenvalue weighted by Crippen LogP contribution is -2.40. The van der Waals surface area contributed by atoms with Gasteiger partial charge in [-0.05, 0) is 61.2 Å². The Hall–Kier alpha value is -2.87. The molecule has 2 aromatic carbocycles. The zero-order valence-electron chi connectivity index (χ0n) is 17.4. The van der Waals surface area contributed by atoms with Crippen molar-refractivity contribution in [3.05, 3.63) is 59.5 Å². The van der Waals surface area contributed by atoms with Crippen molar-refractivity contribution >= 4 is 21.9 Å². The molecular formula is C24H26N2O5. The third-order valence-corrected chi connectivity index (χ3v) is 5.83. The topological polar surface area (TPSA) is 101 Å². The maximum atomic E-state index is 10.1. The minimum absolute atomic E-state index is 0.141. The standard InChI is InChI=1S/C24H26N2O5/c1-14-8-20-24(22(9-14)31-23-12-17(28)11-18(13-27)30-23)19(25-26-20)4-2-15-3-5-21-16(10-15)6-7-29-21/h3,5-10,17-18,23,27-28H,2,4,11-13H2,1H3,(H,25,26)/t17?,18?,23-/m0/s1. The number of aromatic amines is 1. The Morgan fingerprint density at radius 3 is 2.94 bits per heavy atom. The van der Waals surface area contributed by atoms with Crippen molar-refractivity contribution in [1.82, 2.24) is 10.2 Å². The second-order valence-electron chi connectivity index (χ2n) is 8.27. The highest BCUT2D eigenvalue weighted by Crippen LogP contribution is 2.33. The Morgan fingerprint density at radius 2 is 2.06 bits per heavy atom. The van der Waals surface area contributed by atoms with E-state index in [0.717, 1.165) is 46.0 Å². The Kier molecular flexibility index (Phi) is 5.40. The SMILES string of the molecule is Cc1cc(O[C@H]2CC(O)CC(CO)O2)c2c(CCc3ccc4occc4c3)[nH]nc2c1. The Morgan fingerprint density at radius 1 is 1.16 bits per heavy atom. The van der Waals surface area contributed by atoms with Gasteiger partial charge >= 0.3 is 0 Å². The molecule has 162 valence electrons. The summed E-state index contributed by atoms with van der Waals surface area (Å²) < 4.78 is 17.4. The van der Waals surface area contributed by atoms with Crippen LogP contribution in [-0.4, -0.2) is 45.5 Å². The Bertz CT molecular complexity index is 1200. The van der Waals surface area contributed by atoms with Crippen LogP contribution in [0, 0.1) is 6.92 Å². The van der Waals surface area contributed by atoms with Gasteiger partial charge in [0.15, 0.2) is 0 Å². The number of aryl methyl sites for hydroxylation is 3. The second kappa shape index (κ2) is 8.34. The molecule has 0 amide bonds. The fraction of sp³-hybridized carbons (Fsp3) is 0.375. The molecule has 31 heavy (non-hydrogen) atoms. The van der Waals surface area contributed by atoms with Crippen LogP contribution in [0.1, 0.15) is 29.7 Å². The van der Waals surface area contributed by atoms with E-state index in [1.54, 1.807) is 6.26 Å². The van der Waals surface area contributed by atoms with Crippen LogP contribution >= 0.6 is 0 Å². The summed E-state index contributed by atoms with van der Waals surface area (Å²) in [7, 11) is 0. The predicted molar refractivity (Wildman–Crippen MR) is 116 cm³/mol. The number of ether oxygens (including phenoxy) is 2. The van der Waals surface area contributed by atoms with Gasteiger partial charge in [0.1, 0.15) is 11.3 Å². The summed E-state index contributed by atoms with van der Waals surface area (Å²) in [5.74, 6) is 0.680. The molecule has 0 spiro atoms. The van der Waals surface area contributed by atoms with Crippen molar-refractivity contribution in [2.45, 2.75) is 51.1 Å². The van der Waals surface area contributed by atoms with Crippen molar-refractivity contribution < 1.29 is 24.1 Å². The number of H-pyrrole nitrogens is 1. The van der Waals surface area contributed by atoms with Gasteiger partial charge in [-0.25, -0.2) is 0 Å². The first-order valence-corrected chi connectivity index (χ1v) is 10.6. The van der Waals surface area contributed by atoms with E-state index in [1.165, 1.54) is 5.56 Å². The van der Waals surface area contributed by atoms with Crippen LogP contribution in [0.4, 0.5) is 0 Å². The van der Waals surface area contributed by atoms with Crippen molar-refractivity contribution in [1.29, 1.82) is 0 Å². The van der Waals surface area contributed by atoms with Crippen LogP contribution in [0.25, 0.3) is 21.9 Å². The molecule has 3 heterocycles. The van der Waals surface area contributed by atoms with Crippen LogP contribution < -0.4 is 4.74 Å². The fourth-order valence-corrected chi connectivity index (χ4v) is 4.31. The van der Waals surface area contributed by atoms with Crippen LogP contribution in [0.15, 0.2) is 47.1 Å². The monoisotopic (exact) mass is 422 g/mol. The number of nitrogens with one attached hydrogen (secondary N) is 1. The van der Waals surface area contributed by atoms with E-state index >= 15 is 0 Å². The molecule has 7 heteroatoms. The van der Waals surface area contributed by atoms with Crippen molar-refractivity contribution in [3.63, 3.8) is 0 Å². The molecular weight excluding hydrogens is 396 g/mol. The average molecular weight is 422 g/mol. The molecule has 1 saturated heterocycles. The lowest BCUT2D eigenvalue weighted by Gasteiger charge is -2.32. The molecule has 0 aliphatic carbocycles. The number of hydrogen-bond acceptors (Lipinski definition) is 6. The molecule has 0 radical (unpaired) electrons. The van der Waals surface area contributed by atoms with Gasteiger partial charge in [0.25, 0.3) is 0 Å². The summed E-state index contributed by atoms with van der Waals surface area (Å²) in [5.41, 5.74) is 4.97. The van der Waals surface area contributed by atoms with Crippen LogP contribution in [0.2, 0.25) is 0 Å². The van der Waals surface area contributed by atoms with Crippen molar-refractivity contribution in [2.24, 2.45) is 0 Å². The Labute approximate surface area is 179 Å².